The first kappa shape index (κ1) is 105. The zero-order chi connectivity index (χ0) is 78.5. The highest BCUT2D eigenvalue weighted by molar-refractivity contribution is 7.47. The lowest BCUT2D eigenvalue weighted by Crippen LogP contribution is -2.30. The summed E-state index contributed by atoms with van der Waals surface area (Å²) in [6, 6.07) is 0. The highest BCUT2D eigenvalue weighted by Gasteiger charge is 2.31. The van der Waals surface area contributed by atoms with Crippen LogP contribution in [0.5, 0.6) is 0 Å². The van der Waals surface area contributed by atoms with Crippen molar-refractivity contribution in [2.24, 2.45) is 11.8 Å². The van der Waals surface area contributed by atoms with Gasteiger partial charge in [0, 0.05) is 25.7 Å². The molecule has 0 aromatic heterocycles. The molecule has 4 unspecified atom stereocenters. The van der Waals surface area contributed by atoms with E-state index in [4.69, 9.17) is 37.0 Å². The molecule has 0 aromatic carbocycles. The number of hydrogen-bond acceptors (Lipinski definition) is 15. The maximum Gasteiger partial charge on any atom is 0.472 e. The zero-order valence-corrected chi connectivity index (χ0v) is 72.2. The smallest absolute Gasteiger partial charge is 0.462 e. The fourth-order valence-electron chi connectivity index (χ4n) is 13.7. The minimum absolute atomic E-state index is 0.108. The van der Waals surface area contributed by atoms with E-state index in [1.54, 1.807) is 0 Å². The normalized spacial score (nSPS) is 14.3. The number of esters is 4. The predicted molar refractivity (Wildman–Crippen MR) is 442 cm³/mol. The van der Waals surface area contributed by atoms with E-state index in [1.807, 2.05) is 0 Å². The van der Waals surface area contributed by atoms with Crippen LogP contribution in [0.15, 0.2) is 0 Å². The second kappa shape index (κ2) is 79.3. The Bertz CT molecular complexity index is 2050. The van der Waals surface area contributed by atoms with Crippen LogP contribution >= 0.6 is 15.6 Å². The maximum absolute atomic E-state index is 13.2. The molecule has 0 saturated heterocycles. The Morgan fingerprint density at radius 2 is 0.449 bits per heavy atom. The third-order valence-electron chi connectivity index (χ3n) is 21.4. The molecule has 17 nitrogen and oxygen atoms in total. The highest BCUT2D eigenvalue weighted by Crippen LogP contribution is 2.45. The molecule has 0 spiro atoms. The Balaban J connectivity index is 5.23. The number of unbranched alkanes of at least 4 members (excludes halogenated alkanes) is 55. The molecule has 0 aliphatic carbocycles. The number of carbonyl (C=O) groups is 4. The molecule has 636 valence electrons. The highest BCUT2D eigenvalue weighted by atomic mass is 31.2. The molecule has 0 heterocycles. The summed E-state index contributed by atoms with van der Waals surface area (Å²) < 4.78 is 69.0. The van der Waals surface area contributed by atoms with E-state index in [1.165, 1.54) is 283 Å². The van der Waals surface area contributed by atoms with Crippen LogP contribution in [0.2, 0.25) is 0 Å². The topological polar surface area (TPSA) is 237 Å². The lowest BCUT2D eigenvalue weighted by molar-refractivity contribution is -0.161. The van der Waals surface area contributed by atoms with Gasteiger partial charge in [-0.15, -0.1) is 0 Å². The van der Waals surface area contributed by atoms with Crippen molar-refractivity contribution < 1.29 is 80.2 Å². The molecule has 0 amide bonds. The average Bonchev–Trinajstić information content (AvgIpc) is 0.900. The van der Waals surface area contributed by atoms with Gasteiger partial charge in [-0.3, -0.25) is 37.3 Å². The van der Waals surface area contributed by atoms with Crippen LogP contribution < -0.4 is 0 Å². The summed E-state index contributed by atoms with van der Waals surface area (Å²) in [5.74, 6) is -0.520. The second-order valence-corrected chi connectivity index (χ2v) is 35.0. The Kier molecular flexibility index (Phi) is 77.9. The van der Waals surface area contributed by atoms with Crippen LogP contribution in [0.25, 0.3) is 0 Å². The monoisotopic (exact) mass is 1560 g/mol. The third kappa shape index (κ3) is 79.1. The zero-order valence-electron chi connectivity index (χ0n) is 70.5. The first-order valence-electron chi connectivity index (χ1n) is 45.6. The standard InChI is InChI=1S/C88H172O17P2/c1-7-11-13-15-17-19-21-23-25-27-29-30-31-33-35-41-45-49-53-61-66-72-87(92)104-83(76-98-85(90)70-64-58-51-47-43-39-37-36-38-42-46-50-56-62-68-80(5)9-3)78-102-106(94,95)100-74-82(89)75-101-107(96,97)103-79-84(77-99-86(91)71-65-59-55-54-57-63-69-81(6)10-4)105-88(93)73-67-60-52-48-44-40-34-32-28-26-24-22-20-18-16-14-12-8-2/h80-84,89H,7-79H2,1-6H3,(H,94,95)(H,96,97)/t80?,81?,82-,83-,84-/m1/s1. The van der Waals surface area contributed by atoms with Crippen LogP contribution in [-0.2, 0) is 65.4 Å². The third-order valence-corrected chi connectivity index (χ3v) is 23.3. The van der Waals surface area contributed by atoms with Gasteiger partial charge in [-0.2, -0.15) is 0 Å². The van der Waals surface area contributed by atoms with Gasteiger partial charge in [0.15, 0.2) is 12.2 Å². The van der Waals surface area contributed by atoms with Crippen LogP contribution in [-0.4, -0.2) is 96.7 Å². The van der Waals surface area contributed by atoms with Gasteiger partial charge in [0.05, 0.1) is 26.4 Å². The molecule has 0 aliphatic rings. The summed E-state index contributed by atoms with van der Waals surface area (Å²) in [7, 11) is -9.93. The van der Waals surface area contributed by atoms with E-state index in [0.29, 0.717) is 25.7 Å². The van der Waals surface area contributed by atoms with Gasteiger partial charge in [0.1, 0.15) is 19.3 Å². The minimum atomic E-state index is -4.97. The number of aliphatic hydroxyl groups excluding tert-OH is 1. The Morgan fingerprint density at radius 3 is 0.664 bits per heavy atom. The van der Waals surface area contributed by atoms with E-state index in [2.05, 4.69) is 41.5 Å². The number of phosphoric ester groups is 2. The van der Waals surface area contributed by atoms with E-state index >= 15 is 0 Å². The number of ether oxygens (including phenoxy) is 4. The van der Waals surface area contributed by atoms with Crippen molar-refractivity contribution in [3.63, 3.8) is 0 Å². The first-order chi connectivity index (χ1) is 51.9. The van der Waals surface area contributed by atoms with Crippen molar-refractivity contribution in [3.8, 4) is 0 Å². The molecule has 7 atom stereocenters. The molecule has 3 N–H and O–H groups in total. The lowest BCUT2D eigenvalue weighted by atomic mass is 9.99. The number of aliphatic hydroxyl groups is 1. The van der Waals surface area contributed by atoms with E-state index in [9.17, 15) is 43.2 Å². The van der Waals surface area contributed by atoms with Gasteiger partial charge < -0.3 is 33.8 Å². The molecular formula is C88H172O17P2. The number of carbonyl (C=O) groups excluding carboxylic acids is 4. The van der Waals surface area contributed by atoms with E-state index in [0.717, 1.165) is 108 Å². The minimum Gasteiger partial charge on any atom is -0.462 e. The first-order valence-corrected chi connectivity index (χ1v) is 48.6. The van der Waals surface area contributed by atoms with Gasteiger partial charge in [0.2, 0.25) is 0 Å². The van der Waals surface area contributed by atoms with E-state index in [-0.39, 0.29) is 25.7 Å². The number of hydrogen-bond donors (Lipinski definition) is 3. The van der Waals surface area contributed by atoms with Crippen molar-refractivity contribution in [2.45, 2.75) is 490 Å². The van der Waals surface area contributed by atoms with Crippen molar-refractivity contribution in [1.29, 1.82) is 0 Å². The summed E-state index contributed by atoms with van der Waals surface area (Å²) in [4.78, 5) is 73.3. The Labute approximate surface area is 658 Å². The molecule has 0 rings (SSSR count). The van der Waals surface area contributed by atoms with Crippen molar-refractivity contribution in [3.05, 3.63) is 0 Å². The summed E-state index contributed by atoms with van der Waals surface area (Å²) >= 11 is 0. The quantitative estimate of drug-likeness (QED) is 0.0222. The van der Waals surface area contributed by atoms with Crippen LogP contribution in [0.3, 0.4) is 0 Å². The fraction of sp³-hybridized carbons (Fsp3) is 0.955. The van der Waals surface area contributed by atoms with Crippen LogP contribution in [0.4, 0.5) is 0 Å². The summed E-state index contributed by atoms with van der Waals surface area (Å²) in [5.41, 5.74) is 0. The summed E-state index contributed by atoms with van der Waals surface area (Å²) in [6.45, 7) is 9.70. The summed E-state index contributed by atoms with van der Waals surface area (Å²) in [6.07, 6.45) is 72.3. The summed E-state index contributed by atoms with van der Waals surface area (Å²) in [5, 5.41) is 10.7. The molecular weight excluding hydrogens is 1390 g/mol. The maximum atomic E-state index is 13.2. The lowest BCUT2D eigenvalue weighted by Gasteiger charge is -2.21. The molecule has 19 heteroatoms. The number of phosphoric acid groups is 2. The largest absolute Gasteiger partial charge is 0.472 e. The number of rotatable bonds is 87. The van der Waals surface area contributed by atoms with Crippen molar-refractivity contribution in [2.75, 3.05) is 39.6 Å². The van der Waals surface area contributed by atoms with Crippen molar-refractivity contribution in [1.82, 2.24) is 0 Å². The predicted octanol–water partition coefficient (Wildman–Crippen LogP) is 27.0. The molecule has 0 aliphatic heterocycles. The molecule has 0 bridgehead atoms. The molecule has 0 radical (unpaired) electrons. The molecule has 107 heavy (non-hydrogen) atoms. The van der Waals surface area contributed by atoms with Crippen LogP contribution in [0.1, 0.15) is 472 Å². The fourth-order valence-corrected chi connectivity index (χ4v) is 15.3. The molecule has 0 aromatic rings. The Hall–Kier alpha value is -1.94. The van der Waals surface area contributed by atoms with Crippen LogP contribution in [0, 0.1) is 11.8 Å². The SMILES string of the molecule is CCCCCCCCCCCCCCCCCCCCCCCC(=O)O[C@H](COC(=O)CCCCCCCCCCCCCCCCC(C)CC)COP(=O)(O)OC[C@@H](O)COP(=O)(O)OC[C@@H](COC(=O)CCCCCCCCC(C)CC)OC(=O)CCCCCCCCCCCCCCCCCCCC. The Morgan fingerprint density at radius 1 is 0.262 bits per heavy atom. The van der Waals surface area contributed by atoms with Gasteiger partial charge in [0.25, 0.3) is 0 Å². The van der Waals surface area contributed by atoms with Gasteiger partial charge >= 0.3 is 39.5 Å². The van der Waals surface area contributed by atoms with Gasteiger partial charge in [-0.25, -0.2) is 9.13 Å². The van der Waals surface area contributed by atoms with Crippen molar-refractivity contribution >= 4 is 39.5 Å². The van der Waals surface area contributed by atoms with E-state index < -0.39 is 97.5 Å². The van der Waals surface area contributed by atoms with Gasteiger partial charge in [-0.05, 0) is 37.5 Å². The second-order valence-electron chi connectivity index (χ2n) is 32.1. The molecule has 0 saturated carbocycles. The van der Waals surface area contributed by atoms with Gasteiger partial charge in [-0.1, -0.05) is 420 Å². The molecule has 0 fully saturated rings. The average molecular weight is 1560 g/mol.